The van der Waals surface area contributed by atoms with Gasteiger partial charge in [-0.2, -0.15) is 0 Å². The van der Waals surface area contributed by atoms with E-state index in [4.69, 9.17) is 0 Å². The fourth-order valence-corrected chi connectivity index (χ4v) is 2.86. The number of benzene rings is 3. The van der Waals surface area contributed by atoms with Crippen molar-refractivity contribution >= 4 is 5.91 Å². The molecule has 0 unspecified atom stereocenters. The van der Waals surface area contributed by atoms with Crippen molar-refractivity contribution < 1.29 is 4.79 Å². The topological polar surface area (TPSA) is 20.3 Å². The highest BCUT2D eigenvalue weighted by molar-refractivity contribution is 5.94. The highest BCUT2D eigenvalue weighted by Crippen LogP contribution is 2.16. The summed E-state index contributed by atoms with van der Waals surface area (Å²) >= 11 is 0. The lowest BCUT2D eigenvalue weighted by molar-refractivity contribution is 0.0730. The van der Waals surface area contributed by atoms with Crippen LogP contribution in [0.4, 0.5) is 0 Å². The molecule has 3 aromatic rings. The van der Waals surface area contributed by atoms with Crippen LogP contribution in [-0.4, -0.2) is 10.8 Å². The van der Waals surface area contributed by atoms with Gasteiger partial charge in [0.1, 0.15) is 0 Å². The fourth-order valence-electron chi connectivity index (χ4n) is 2.86. The zero-order valence-corrected chi connectivity index (χ0v) is 14.8. The van der Waals surface area contributed by atoms with Gasteiger partial charge in [0.15, 0.2) is 0 Å². The van der Waals surface area contributed by atoms with Crippen LogP contribution in [0.3, 0.4) is 0 Å². The van der Waals surface area contributed by atoms with Crippen LogP contribution in [0.25, 0.3) is 0 Å². The van der Waals surface area contributed by atoms with Gasteiger partial charge in [0.25, 0.3) is 5.91 Å². The normalized spacial score (nSPS) is 10.5. The average molecular weight is 329 g/mol. The van der Waals surface area contributed by atoms with Crippen LogP contribution in [0.5, 0.6) is 0 Å². The number of nitrogens with zero attached hydrogens (tertiary/aromatic N) is 1. The molecule has 0 N–H and O–H groups in total. The monoisotopic (exact) mass is 329 g/mol. The Morgan fingerprint density at radius 1 is 0.720 bits per heavy atom. The number of carbonyl (C=O) groups excluding carboxylic acids is 1. The average Bonchev–Trinajstić information content (AvgIpc) is 2.64. The maximum absolute atomic E-state index is 13.1. The van der Waals surface area contributed by atoms with Crippen molar-refractivity contribution in [2.75, 3.05) is 0 Å². The molecule has 0 spiro atoms. The molecule has 0 heterocycles. The van der Waals surface area contributed by atoms with E-state index < -0.39 is 0 Å². The number of hydrogen-bond donors (Lipinski definition) is 0. The Morgan fingerprint density at radius 2 is 1.24 bits per heavy atom. The standard InChI is InChI=1S/C23H23NO/c1-18-13-14-22(15-19(18)2)23(25)24(16-20-9-5-3-6-10-20)17-21-11-7-4-8-12-21/h3-15H,16-17H2,1-2H3. The predicted molar refractivity (Wildman–Crippen MR) is 102 cm³/mol. The molecule has 0 fully saturated rings. The molecular weight excluding hydrogens is 306 g/mol. The van der Waals surface area contributed by atoms with Crippen LogP contribution in [0.1, 0.15) is 32.6 Å². The molecule has 2 heteroatoms. The van der Waals surface area contributed by atoms with E-state index in [1.54, 1.807) is 0 Å². The van der Waals surface area contributed by atoms with Gasteiger partial charge in [-0.05, 0) is 48.2 Å². The van der Waals surface area contributed by atoms with E-state index in [1.165, 1.54) is 5.56 Å². The molecule has 0 radical (unpaired) electrons. The van der Waals surface area contributed by atoms with E-state index in [9.17, 15) is 4.79 Å². The predicted octanol–water partition coefficient (Wildman–Crippen LogP) is 5.15. The zero-order chi connectivity index (χ0) is 17.6. The summed E-state index contributed by atoms with van der Waals surface area (Å²) in [6.45, 7) is 5.31. The van der Waals surface area contributed by atoms with Crippen molar-refractivity contribution in [3.8, 4) is 0 Å². The Labute approximate surface area is 149 Å². The van der Waals surface area contributed by atoms with E-state index >= 15 is 0 Å². The lowest BCUT2D eigenvalue weighted by Gasteiger charge is -2.23. The second-order valence-corrected chi connectivity index (χ2v) is 6.43. The Balaban J connectivity index is 1.88. The number of rotatable bonds is 5. The van der Waals surface area contributed by atoms with Crippen LogP contribution >= 0.6 is 0 Å². The van der Waals surface area contributed by atoms with Crippen molar-refractivity contribution in [3.05, 3.63) is 107 Å². The second-order valence-electron chi connectivity index (χ2n) is 6.43. The Morgan fingerprint density at radius 3 is 1.72 bits per heavy atom. The summed E-state index contributed by atoms with van der Waals surface area (Å²) in [6.07, 6.45) is 0. The molecule has 0 saturated heterocycles. The first-order valence-electron chi connectivity index (χ1n) is 8.58. The van der Waals surface area contributed by atoms with E-state index in [0.29, 0.717) is 13.1 Å². The third kappa shape index (κ3) is 4.36. The quantitative estimate of drug-likeness (QED) is 0.634. The van der Waals surface area contributed by atoms with Crippen molar-refractivity contribution in [2.24, 2.45) is 0 Å². The molecule has 1 amide bonds. The Kier molecular flexibility index (Phi) is 5.30. The van der Waals surface area contributed by atoms with Gasteiger partial charge in [-0.1, -0.05) is 66.7 Å². The summed E-state index contributed by atoms with van der Waals surface area (Å²) in [5, 5.41) is 0. The van der Waals surface area contributed by atoms with Gasteiger partial charge in [-0.3, -0.25) is 4.79 Å². The summed E-state index contributed by atoms with van der Waals surface area (Å²) in [4.78, 5) is 15.1. The van der Waals surface area contributed by atoms with Gasteiger partial charge in [0.05, 0.1) is 0 Å². The Hall–Kier alpha value is -2.87. The van der Waals surface area contributed by atoms with Crippen molar-refractivity contribution in [1.82, 2.24) is 4.90 Å². The van der Waals surface area contributed by atoms with Gasteiger partial charge in [0, 0.05) is 18.7 Å². The van der Waals surface area contributed by atoms with Crippen LogP contribution in [0, 0.1) is 13.8 Å². The molecule has 2 nitrogen and oxygen atoms in total. The minimum atomic E-state index is 0.0656. The van der Waals surface area contributed by atoms with Gasteiger partial charge in [0.2, 0.25) is 0 Å². The largest absolute Gasteiger partial charge is 0.330 e. The summed E-state index contributed by atoms with van der Waals surface area (Å²) in [6, 6.07) is 26.2. The van der Waals surface area contributed by atoms with E-state index in [1.807, 2.05) is 66.4 Å². The van der Waals surface area contributed by atoms with Crippen LogP contribution in [0.15, 0.2) is 78.9 Å². The van der Waals surface area contributed by atoms with Crippen molar-refractivity contribution in [3.63, 3.8) is 0 Å². The van der Waals surface area contributed by atoms with Crippen molar-refractivity contribution in [2.45, 2.75) is 26.9 Å². The molecule has 25 heavy (non-hydrogen) atoms. The smallest absolute Gasteiger partial charge is 0.254 e. The first-order valence-corrected chi connectivity index (χ1v) is 8.58. The van der Waals surface area contributed by atoms with Gasteiger partial charge in [-0.25, -0.2) is 0 Å². The minimum absolute atomic E-state index is 0.0656. The van der Waals surface area contributed by atoms with Crippen LogP contribution < -0.4 is 0 Å². The maximum Gasteiger partial charge on any atom is 0.254 e. The van der Waals surface area contributed by atoms with Crippen molar-refractivity contribution in [1.29, 1.82) is 0 Å². The lowest BCUT2D eigenvalue weighted by atomic mass is 10.0. The molecule has 0 bridgehead atoms. The third-order valence-corrected chi connectivity index (χ3v) is 4.47. The fraction of sp³-hybridized carbons (Fsp3) is 0.174. The zero-order valence-electron chi connectivity index (χ0n) is 14.8. The molecular formula is C23H23NO. The van der Waals surface area contributed by atoms with Crippen LogP contribution in [0.2, 0.25) is 0 Å². The minimum Gasteiger partial charge on any atom is -0.330 e. The molecule has 0 saturated carbocycles. The molecule has 126 valence electrons. The molecule has 0 aliphatic rings. The summed E-state index contributed by atoms with van der Waals surface area (Å²) in [7, 11) is 0. The van der Waals surface area contributed by atoms with E-state index in [0.717, 1.165) is 22.3 Å². The third-order valence-electron chi connectivity index (χ3n) is 4.47. The van der Waals surface area contributed by atoms with Gasteiger partial charge < -0.3 is 4.90 Å². The molecule has 0 atom stereocenters. The number of aryl methyl sites for hydroxylation is 2. The Bertz CT molecular complexity index is 799. The second kappa shape index (κ2) is 7.80. The molecule has 3 rings (SSSR count). The van der Waals surface area contributed by atoms with Gasteiger partial charge >= 0.3 is 0 Å². The van der Waals surface area contributed by atoms with E-state index in [-0.39, 0.29) is 5.91 Å². The lowest BCUT2D eigenvalue weighted by Crippen LogP contribution is -2.30. The molecule has 3 aromatic carbocycles. The highest BCUT2D eigenvalue weighted by atomic mass is 16.2. The summed E-state index contributed by atoms with van der Waals surface area (Å²) < 4.78 is 0. The molecule has 0 aromatic heterocycles. The number of amides is 1. The van der Waals surface area contributed by atoms with E-state index in [2.05, 4.69) is 31.2 Å². The first-order chi connectivity index (χ1) is 12.1. The van der Waals surface area contributed by atoms with Crippen LogP contribution in [-0.2, 0) is 13.1 Å². The highest BCUT2D eigenvalue weighted by Gasteiger charge is 2.17. The maximum atomic E-state index is 13.1. The number of carbonyl (C=O) groups is 1. The SMILES string of the molecule is Cc1ccc(C(=O)N(Cc2ccccc2)Cc2ccccc2)cc1C. The first kappa shape index (κ1) is 17.0. The summed E-state index contributed by atoms with van der Waals surface area (Å²) in [5.74, 6) is 0.0656. The molecule has 0 aliphatic heterocycles. The number of hydrogen-bond acceptors (Lipinski definition) is 1. The summed E-state index contributed by atoms with van der Waals surface area (Å²) in [5.41, 5.74) is 5.36. The molecule has 0 aliphatic carbocycles. The van der Waals surface area contributed by atoms with Gasteiger partial charge in [-0.15, -0.1) is 0 Å².